The highest BCUT2D eigenvalue weighted by Gasteiger charge is 2.52. The molecule has 0 amide bonds. The van der Waals surface area contributed by atoms with E-state index in [1.165, 1.54) is 6.92 Å². The maximum atomic E-state index is 11.8. The van der Waals surface area contributed by atoms with E-state index in [1.54, 1.807) is 13.8 Å². The van der Waals surface area contributed by atoms with Gasteiger partial charge in [-0.1, -0.05) is 30.3 Å². The fraction of sp³-hybridized carbons (Fsp3) is 0.500. The van der Waals surface area contributed by atoms with Crippen LogP contribution in [0.4, 0.5) is 0 Å². The highest BCUT2D eigenvalue weighted by atomic mass is 16.6. The van der Waals surface area contributed by atoms with Gasteiger partial charge in [0, 0.05) is 6.42 Å². The predicted molar refractivity (Wildman–Crippen MR) is 74.0 cm³/mol. The summed E-state index contributed by atoms with van der Waals surface area (Å²) < 4.78 is 11.3. The molecule has 3 atom stereocenters. The lowest BCUT2D eigenvalue weighted by Crippen LogP contribution is -2.41. The lowest BCUT2D eigenvalue weighted by molar-refractivity contribution is -0.153. The molecule has 108 valence electrons. The number of benzene rings is 1. The SMILES string of the molecule is CC(=O)C[C@@]1(C)OC(=O)[C@@H](C)[C@@H]1OCc1ccccc1. The van der Waals surface area contributed by atoms with Crippen LogP contribution in [0.15, 0.2) is 30.3 Å². The van der Waals surface area contributed by atoms with Gasteiger partial charge >= 0.3 is 5.97 Å². The van der Waals surface area contributed by atoms with Crippen molar-refractivity contribution in [2.45, 2.75) is 45.5 Å². The molecule has 0 aliphatic carbocycles. The maximum absolute atomic E-state index is 11.8. The third-order valence-corrected chi connectivity index (χ3v) is 3.63. The third-order valence-electron chi connectivity index (χ3n) is 3.63. The monoisotopic (exact) mass is 276 g/mol. The number of esters is 1. The molecule has 2 rings (SSSR count). The van der Waals surface area contributed by atoms with Gasteiger partial charge in [-0.25, -0.2) is 0 Å². The molecule has 20 heavy (non-hydrogen) atoms. The van der Waals surface area contributed by atoms with Crippen LogP contribution in [0, 0.1) is 5.92 Å². The van der Waals surface area contributed by atoms with Gasteiger partial charge in [0.05, 0.1) is 12.5 Å². The first-order valence-electron chi connectivity index (χ1n) is 6.80. The summed E-state index contributed by atoms with van der Waals surface area (Å²) in [4.78, 5) is 23.2. The molecule has 4 nitrogen and oxygen atoms in total. The largest absolute Gasteiger partial charge is 0.456 e. The predicted octanol–water partition coefficient (Wildman–Crippen LogP) is 2.50. The van der Waals surface area contributed by atoms with E-state index in [9.17, 15) is 9.59 Å². The van der Waals surface area contributed by atoms with Crippen molar-refractivity contribution in [3.63, 3.8) is 0 Å². The maximum Gasteiger partial charge on any atom is 0.312 e. The first-order valence-corrected chi connectivity index (χ1v) is 6.80. The molecule has 1 fully saturated rings. The number of hydrogen-bond donors (Lipinski definition) is 0. The molecule has 0 N–H and O–H groups in total. The van der Waals surface area contributed by atoms with Crippen LogP contribution in [0.3, 0.4) is 0 Å². The molecule has 1 aromatic rings. The molecule has 4 heteroatoms. The van der Waals surface area contributed by atoms with Crippen molar-refractivity contribution in [1.82, 2.24) is 0 Å². The van der Waals surface area contributed by atoms with Crippen molar-refractivity contribution in [2.24, 2.45) is 5.92 Å². The number of carbonyl (C=O) groups excluding carboxylic acids is 2. The second-order valence-electron chi connectivity index (χ2n) is 5.62. The normalized spacial score (nSPS) is 29.2. The molecular weight excluding hydrogens is 256 g/mol. The van der Waals surface area contributed by atoms with Gasteiger partial charge in [-0.3, -0.25) is 9.59 Å². The molecule has 1 heterocycles. The van der Waals surface area contributed by atoms with E-state index in [2.05, 4.69) is 0 Å². The van der Waals surface area contributed by atoms with Crippen LogP contribution >= 0.6 is 0 Å². The Labute approximate surface area is 119 Å². The van der Waals surface area contributed by atoms with Crippen molar-refractivity contribution in [3.05, 3.63) is 35.9 Å². The summed E-state index contributed by atoms with van der Waals surface area (Å²) in [6.45, 7) is 5.45. The number of ether oxygens (including phenoxy) is 2. The van der Waals surface area contributed by atoms with Crippen LogP contribution in [0.2, 0.25) is 0 Å². The standard InChI is InChI=1S/C16H20O4/c1-11(17)9-16(3)14(12(2)15(18)20-16)19-10-13-7-5-4-6-8-13/h4-8,12,14H,9-10H2,1-3H3/t12-,14-,16+/m0/s1. The summed E-state index contributed by atoms with van der Waals surface area (Å²) in [6, 6.07) is 9.74. The number of ketones is 1. The van der Waals surface area contributed by atoms with E-state index in [-0.39, 0.29) is 24.1 Å². The zero-order chi connectivity index (χ0) is 14.8. The van der Waals surface area contributed by atoms with E-state index in [0.717, 1.165) is 5.56 Å². The summed E-state index contributed by atoms with van der Waals surface area (Å²) in [5.74, 6) is -0.669. The topological polar surface area (TPSA) is 52.6 Å². The quantitative estimate of drug-likeness (QED) is 0.775. The Bertz CT molecular complexity index is 492. The average Bonchev–Trinajstić information content (AvgIpc) is 2.58. The number of rotatable bonds is 5. The number of Topliss-reactive ketones (excluding diaryl/α,β-unsaturated/α-hetero) is 1. The smallest absolute Gasteiger partial charge is 0.312 e. The molecule has 1 aliphatic heterocycles. The van der Waals surface area contributed by atoms with E-state index >= 15 is 0 Å². The van der Waals surface area contributed by atoms with Crippen molar-refractivity contribution in [2.75, 3.05) is 0 Å². The zero-order valence-corrected chi connectivity index (χ0v) is 12.1. The first kappa shape index (κ1) is 14.7. The Morgan fingerprint density at radius 3 is 2.60 bits per heavy atom. The lowest BCUT2D eigenvalue weighted by Gasteiger charge is -2.29. The fourth-order valence-corrected chi connectivity index (χ4v) is 2.75. The number of cyclic esters (lactones) is 1. The van der Waals surface area contributed by atoms with Crippen LogP contribution in [0.1, 0.15) is 32.8 Å². The van der Waals surface area contributed by atoms with Crippen LogP contribution in [0.5, 0.6) is 0 Å². The molecule has 0 spiro atoms. The molecule has 0 saturated carbocycles. The van der Waals surface area contributed by atoms with E-state index in [0.29, 0.717) is 6.61 Å². The Kier molecular flexibility index (Phi) is 4.23. The molecule has 1 aromatic carbocycles. The molecule has 1 saturated heterocycles. The highest BCUT2D eigenvalue weighted by molar-refractivity contribution is 5.80. The highest BCUT2D eigenvalue weighted by Crippen LogP contribution is 2.37. The Hall–Kier alpha value is -1.68. The van der Waals surface area contributed by atoms with Gasteiger partial charge in [0.15, 0.2) is 0 Å². The Morgan fingerprint density at radius 2 is 2.00 bits per heavy atom. The molecule has 0 radical (unpaired) electrons. The minimum atomic E-state index is -0.864. The van der Waals surface area contributed by atoms with Gasteiger partial charge in [0.1, 0.15) is 17.5 Å². The van der Waals surface area contributed by atoms with E-state index in [1.807, 2.05) is 30.3 Å². The number of carbonyl (C=O) groups is 2. The third kappa shape index (κ3) is 3.07. The zero-order valence-electron chi connectivity index (χ0n) is 12.1. The van der Waals surface area contributed by atoms with Crippen LogP contribution in [-0.2, 0) is 25.7 Å². The van der Waals surface area contributed by atoms with Gasteiger partial charge in [-0.15, -0.1) is 0 Å². The van der Waals surface area contributed by atoms with Gasteiger partial charge < -0.3 is 9.47 Å². The van der Waals surface area contributed by atoms with Gasteiger partial charge in [0.25, 0.3) is 0 Å². The Balaban J connectivity index is 2.10. The molecule has 0 bridgehead atoms. The summed E-state index contributed by atoms with van der Waals surface area (Å²) in [6.07, 6.45) is -0.221. The van der Waals surface area contributed by atoms with Gasteiger partial charge in [-0.2, -0.15) is 0 Å². The minimum Gasteiger partial charge on any atom is -0.456 e. The Morgan fingerprint density at radius 1 is 1.35 bits per heavy atom. The van der Waals surface area contributed by atoms with Crippen molar-refractivity contribution >= 4 is 11.8 Å². The number of hydrogen-bond acceptors (Lipinski definition) is 4. The molecule has 1 aliphatic rings. The molecule has 0 unspecified atom stereocenters. The van der Waals surface area contributed by atoms with E-state index < -0.39 is 11.7 Å². The van der Waals surface area contributed by atoms with Crippen molar-refractivity contribution < 1.29 is 19.1 Å². The average molecular weight is 276 g/mol. The lowest BCUT2D eigenvalue weighted by atomic mass is 9.88. The van der Waals surface area contributed by atoms with Crippen LogP contribution < -0.4 is 0 Å². The first-order chi connectivity index (χ1) is 9.42. The fourth-order valence-electron chi connectivity index (χ4n) is 2.75. The molecular formula is C16H20O4. The van der Waals surface area contributed by atoms with Gasteiger partial charge in [-0.05, 0) is 26.3 Å². The van der Waals surface area contributed by atoms with Gasteiger partial charge in [0.2, 0.25) is 0 Å². The van der Waals surface area contributed by atoms with Crippen molar-refractivity contribution in [3.8, 4) is 0 Å². The van der Waals surface area contributed by atoms with E-state index in [4.69, 9.17) is 9.47 Å². The second-order valence-corrected chi connectivity index (χ2v) is 5.62. The second kappa shape index (κ2) is 5.75. The summed E-state index contributed by atoms with van der Waals surface area (Å²) >= 11 is 0. The summed E-state index contributed by atoms with van der Waals surface area (Å²) in [7, 11) is 0. The van der Waals surface area contributed by atoms with Crippen LogP contribution in [-0.4, -0.2) is 23.5 Å². The summed E-state index contributed by atoms with van der Waals surface area (Å²) in [5, 5.41) is 0. The van der Waals surface area contributed by atoms with Crippen molar-refractivity contribution in [1.29, 1.82) is 0 Å². The van der Waals surface area contributed by atoms with Crippen LogP contribution in [0.25, 0.3) is 0 Å². The minimum absolute atomic E-state index is 0.0114. The molecule has 0 aromatic heterocycles. The summed E-state index contributed by atoms with van der Waals surface area (Å²) in [5.41, 5.74) is 0.168.